The van der Waals surface area contributed by atoms with E-state index in [1.165, 1.54) is 95.5 Å². The lowest BCUT2D eigenvalue weighted by Gasteiger charge is -2.28. The Morgan fingerprint density at radius 3 is 1.97 bits per heavy atom. The molecule has 1 aliphatic rings. The van der Waals surface area contributed by atoms with Gasteiger partial charge in [0.25, 0.3) is 0 Å². The molecule has 0 radical (unpaired) electrons. The van der Waals surface area contributed by atoms with Crippen molar-refractivity contribution in [1.82, 2.24) is 9.97 Å². The quantitative estimate of drug-likeness (QED) is 0.232. The predicted molar refractivity (Wildman–Crippen MR) is 144 cm³/mol. The fraction of sp³-hybridized carbons (Fsp3) is 0.677. The van der Waals surface area contributed by atoms with Gasteiger partial charge in [-0.2, -0.15) is 0 Å². The van der Waals surface area contributed by atoms with E-state index in [-0.39, 0.29) is 0 Å². The molecule has 1 aromatic carbocycles. The molecular formula is C31H48N2O. The molecule has 1 heterocycles. The average molecular weight is 465 g/mol. The lowest BCUT2D eigenvalue weighted by atomic mass is 9.78. The Kier molecular flexibility index (Phi) is 12.5. The van der Waals surface area contributed by atoms with Crippen molar-refractivity contribution in [2.75, 3.05) is 6.61 Å². The topological polar surface area (TPSA) is 35.0 Å². The molecule has 0 N–H and O–H groups in total. The zero-order valence-corrected chi connectivity index (χ0v) is 21.9. The van der Waals surface area contributed by atoms with Crippen LogP contribution in [0.15, 0.2) is 36.7 Å². The fourth-order valence-electron chi connectivity index (χ4n) is 5.40. The summed E-state index contributed by atoms with van der Waals surface area (Å²) in [4.78, 5) is 9.22. The molecule has 0 atom stereocenters. The number of benzene rings is 1. The molecule has 0 spiro atoms. The van der Waals surface area contributed by atoms with Crippen LogP contribution < -0.4 is 4.74 Å². The van der Waals surface area contributed by atoms with E-state index >= 15 is 0 Å². The maximum Gasteiger partial charge on any atom is 0.159 e. The number of hydrogen-bond acceptors (Lipinski definition) is 3. The van der Waals surface area contributed by atoms with E-state index in [1.54, 1.807) is 0 Å². The lowest BCUT2D eigenvalue weighted by molar-refractivity contribution is 0.230. The summed E-state index contributed by atoms with van der Waals surface area (Å²) in [6, 6.07) is 8.27. The first-order valence-corrected chi connectivity index (χ1v) is 14.3. The van der Waals surface area contributed by atoms with Gasteiger partial charge in [0.2, 0.25) is 0 Å². The number of ether oxygens (including phenoxy) is 1. The molecule has 3 nitrogen and oxygen atoms in total. The number of aromatic nitrogens is 2. The number of unbranched alkanes of at least 4 members (excludes halogenated alkanes) is 6. The molecule has 1 aliphatic carbocycles. The van der Waals surface area contributed by atoms with Gasteiger partial charge >= 0.3 is 0 Å². The highest BCUT2D eigenvalue weighted by Crippen LogP contribution is 2.33. The summed E-state index contributed by atoms with van der Waals surface area (Å²) < 4.78 is 6.01. The second-order valence-corrected chi connectivity index (χ2v) is 10.5. The molecule has 1 fully saturated rings. The molecule has 0 amide bonds. The molecule has 1 saturated carbocycles. The van der Waals surface area contributed by atoms with Gasteiger partial charge in [0.05, 0.1) is 6.61 Å². The van der Waals surface area contributed by atoms with E-state index in [9.17, 15) is 0 Å². The Morgan fingerprint density at radius 1 is 0.706 bits per heavy atom. The van der Waals surface area contributed by atoms with Gasteiger partial charge in [0.1, 0.15) is 5.75 Å². The van der Waals surface area contributed by atoms with Crippen LogP contribution in [0.3, 0.4) is 0 Å². The largest absolute Gasteiger partial charge is 0.494 e. The third kappa shape index (κ3) is 9.76. The number of aryl methyl sites for hydroxylation is 1. The van der Waals surface area contributed by atoms with Gasteiger partial charge in [-0.15, -0.1) is 0 Å². The van der Waals surface area contributed by atoms with Crippen LogP contribution in [0, 0.1) is 11.8 Å². The molecule has 0 saturated heterocycles. The summed E-state index contributed by atoms with van der Waals surface area (Å²) in [5, 5.41) is 0. The van der Waals surface area contributed by atoms with Crippen LogP contribution in [-0.2, 0) is 6.42 Å². The first kappa shape index (κ1) is 26.7. The highest BCUT2D eigenvalue weighted by Gasteiger charge is 2.20. The Bertz CT molecular complexity index is 763. The van der Waals surface area contributed by atoms with Crippen LogP contribution in [0.2, 0.25) is 0 Å². The van der Waals surface area contributed by atoms with E-state index in [0.29, 0.717) is 0 Å². The van der Waals surface area contributed by atoms with E-state index in [4.69, 9.17) is 4.74 Å². The average Bonchev–Trinajstić information content (AvgIpc) is 2.88. The maximum atomic E-state index is 6.01. The third-order valence-corrected chi connectivity index (χ3v) is 7.58. The first-order valence-electron chi connectivity index (χ1n) is 14.3. The van der Waals surface area contributed by atoms with Crippen molar-refractivity contribution < 1.29 is 4.74 Å². The summed E-state index contributed by atoms with van der Waals surface area (Å²) in [7, 11) is 0. The van der Waals surface area contributed by atoms with Gasteiger partial charge in [0, 0.05) is 18.0 Å². The van der Waals surface area contributed by atoms with Crippen LogP contribution in [-0.4, -0.2) is 16.6 Å². The molecule has 3 heteroatoms. The first-order chi connectivity index (χ1) is 16.8. The van der Waals surface area contributed by atoms with Crippen molar-refractivity contribution in [3.05, 3.63) is 42.2 Å². The van der Waals surface area contributed by atoms with E-state index in [0.717, 1.165) is 48.4 Å². The third-order valence-electron chi connectivity index (χ3n) is 7.58. The van der Waals surface area contributed by atoms with Gasteiger partial charge in [-0.3, -0.25) is 0 Å². The SMILES string of the molecule is CCCCCCCCCc1cnc(-c2ccc(OCCC[C@H]3CC[C@H](CCC)CC3)cc2)nc1. The van der Waals surface area contributed by atoms with E-state index in [2.05, 4.69) is 48.1 Å². The highest BCUT2D eigenvalue weighted by atomic mass is 16.5. The van der Waals surface area contributed by atoms with Crippen LogP contribution in [0.4, 0.5) is 0 Å². The second-order valence-electron chi connectivity index (χ2n) is 10.5. The Labute approximate surface area is 209 Å². The zero-order chi connectivity index (χ0) is 23.8. The number of rotatable bonds is 16. The van der Waals surface area contributed by atoms with Gasteiger partial charge in [-0.25, -0.2) is 9.97 Å². The smallest absolute Gasteiger partial charge is 0.159 e. The predicted octanol–water partition coefficient (Wildman–Crippen LogP) is 9.20. The summed E-state index contributed by atoms with van der Waals surface area (Å²) in [5.74, 6) is 3.67. The van der Waals surface area contributed by atoms with Crippen molar-refractivity contribution in [2.24, 2.45) is 11.8 Å². The Morgan fingerprint density at radius 2 is 1.32 bits per heavy atom. The molecule has 0 unspecified atom stereocenters. The second kappa shape index (κ2) is 15.9. The van der Waals surface area contributed by atoms with Crippen LogP contribution in [0.1, 0.15) is 116 Å². The summed E-state index contributed by atoms with van der Waals surface area (Å²) in [6.07, 6.45) is 25.5. The molecule has 0 aliphatic heterocycles. The number of hydrogen-bond donors (Lipinski definition) is 0. The summed E-state index contributed by atoms with van der Waals surface area (Å²) in [6.45, 7) is 5.41. The minimum Gasteiger partial charge on any atom is -0.494 e. The van der Waals surface area contributed by atoms with Gasteiger partial charge in [-0.1, -0.05) is 90.9 Å². The van der Waals surface area contributed by atoms with Crippen molar-refractivity contribution in [3.63, 3.8) is 0 Å². The van der Waals surface area contributed by atoms with Gasteiger partial charge < -0.3 is 4.74 Å². The molecule has 1 aromatic heterocycles. The Balaban J connectivity index is 1.31. The van der Waals surface area contributed by atoms with Gasteiger partial charge in [-0.05, 0) is 67.3 Å². The van der Waals surface area contributed by atoms with Crippen molar-refractivity contribution >= 4 is 0 Å². The van der Waals surface area contributed by atoms with Crippen molar-refractivity contribution in [3.8, 4) is 17.1 Å². The maximum absolute atomic E-state index is 6.01. The standard InChI is InChI=1S/C31H48N2O/c1-3-5-6-7-8-9-10-13-28-24-32-31(33-25-28)29-19-21-30(22-20-29)34-23-11-14-27-17-15-26(12-4-2)16-18-27/h19-22,24-27H,3-18,23H2,1-2H3/t26-,27-. The summed E-state index contributed by atoms with van der Waals surface area (Å²) >= 11 is 0. The van der Waals surface area contributed by atoms with Crippen molar-refractivity contribution in [1.29, 1.82) is 0 Å². The fourth-order valence-corrected chi connectivity index (χ4v) is 5.40. The molecular weight excluding hydrogens is 416 g/mol. The molecule has 34 heavy (non-hydrogen) atoms. The van der Waals surface area contributed by atoms with Crippen molar-refractivity contribution in [2.45, 2.75) is 117 Å². The van der Waals surface area contributed by atoms with E-state index < -0.39 is 0 Å². The highest BCUT2D eigenvalue weighted by molar-refractivity contribution is 5.55. The van der Waals surface area contributed by atoms with Gasteiger partial charge in [0.15, 0.2) is 5.82 Å². The van der Waals surface area contributed by atoms with E-state index in [1.807, 2.05) is 12.4 Å². The minimum atomic E-state index is 0.800. The molecule has 2 aromatic rings. The molecule has 188 valence electrons. The zero-order valence-electron chi connectivity index (χ0n) is 21.9. The number of nitrogens with zero attached hydrogens (tertiary/aromatic N) is 2. The Hall–Kier alpha value is -1.90. The normalized spacial score (nSPS) is 18.2. The van der Waals surface area contributed by atoms with Crippen LogP contribution in [0.5, 0.6) is 5.75 Å². The minimum absolute atomic E-state index is 0.800. The molecule has 3 rings (SSSR count). The van der Waals surface area contributed by atoms with Crippen LogP contribution in [0.25, 0.3) is 11.4 Å². The summed E-state index contributed by atoms with van der Waals surface area (Å²) in [5.41, 5.74) is 2.30. The lowest BCUT2D eigenvalue weighted by Crippen LogP contribution is -2.15. The monoisotopic (exact) mass is 464 g/mol. The molecule has 0 bridgehead atoms. The van der Waals surface area contributed by atoms with Crippen LogP contribution >= 0.6 is 0 Å².